The van der Waals surface area contributed by atoms with Crippen LogP contribution in [-0.2, 0) is 4.79 Å². The van der Waals surface area contributed by atoms with Gasteiger partial charge in [-0.15, -0.1) is 0 Å². The van der Waals surface area contributed by atoms with E-state index < -0.39 is 0 Å². The summed E-state index contributed by atoms with van der Waals surface area (Å²) in [5.41, 5.74) is 2.05. The van der Waals surface area contributed by atoms with E-state index in [0.717, 1.165) is 18.4 Å². The van der Waals surface area contributed by atoms with Crippen molar-refractivity contribution in [3.8, 4) is 11.5 Å². The number of nitrogens with one attached hydrogen (secondary N) is 2. The largest absolute Gasteiger partial charge is 0.497 e. The number of hydrogen-bond donors (Lipinski definition) is 2. The Bertz CT molecular complexity index is 829. The topological polar surface area (TPSA) is 76.7 Å². The van der Waals surface area contributed by atoms with E-state index >= 15 is 0 Å². The van der Waals surface area contributed by atoms with Gasteiger partial charge in [-0.05, 0) is 62.2 Å². The van der Waals surface area contributed by atoms with Gasteiger partial charge < -0.3 is 20.1 Å². The molecule has 6 heteroatoms. The lowest BCUT2D eigenvalue weighted by molar-refractivity contribution is -0.117. The van der Waals surface area contributed by atoms with Crippen molar-refractivity contribution in [2.75, 3.05) is 19.5 Å². The van der Waals surface area contributed by atoms with Gasteiger partial charge in [0.1, 0.15) is 11.5 Å². The summed E-state index contributed by atoms with van der Waals surface area (Å²) >= 11 is 0. The zero-order valence-electron chi connectivity index (χ0n) is 15.7. The summed E-state index contributed by atoms with van der Waals surface area (Å²) in [5.74, 6) is 1.37. The standard InChI is InChI=1S/C21H24N2O4/c1-13(18-12-17(26-2)10-11-19(18)27-3)22-20(24)15-6-8-16(9-7-15)23-21(25)14-4-5-14/h6-14H,4-5H2,1-3H3,(H,22,24)(H,23,25)/t13-/m0/s1. The number of anilines is 1. The number of amides is 2. The van der Waals surface area contributed by atoms with E-state index in [1.807, 2.05) is 25.1 Å². The number of carbonyl (C=O) groups excluding carboxylic acids is 2. The minimum atomic E-state index is -0.267. The predicted molar refractivity (Wildman–Crippen MR) is 103 cm³/mol. The molecule has 6 nitrogen and oxygen atoms in total. The molecule has 2 N–H and O–H groups in total. The lowest BCUT2D eigenvalue weighted by Gasteiger charge is -2.18. The number of benzene rings is 2. The van der Waals surface area contributed by atoms with Crippen molar-refractivity contribution in [3.05, 3.63) is 53.6 Å². The van der Waals surface area contributed by atoms with Crippen LogP contribution >= 0.6 is 0 Å². The second kappa shape index (κ2) is 8.12. The molecule has 1 atom stereocenters. The molecule has 3 rings (SSSR count). The molecule has 0 unspecified atom stereocenters. The van der Waals surface area contributed by atoms with Gasteiger partial charge in [0.15, 0.2) is 0 Å². The van der Waals surface area contributed by atoms with Gasteiger partial charge in [0.2, 0.25) is 5.91 Å². The van der Waals surface area contributed by atoms with Gasteiger partial charge in [0.25, 0.3) is 5.91 Å². The quantitative estimate of drug-likeness (QED) is 0.784. The summed E-state index contributed by atoms with van der Waals surface area (Å²) in [6.45, 7) is 1.89. The van der Waals surface area contributed by atoms with E-state index in [1.54, 1.807) is 38.5 Å². The molecule has 0 heterocycles. The van der Waals surface area contributed by atoms with Gasteiger partial charge in [0.05, 0.1) is 20.3 Å². The Balaban J connectivity index is 1.66. The third-order valence-electron chi connectivity index (χ3n) is 4.61. The first-order chi connectivity index (χ1) is 13.0. The third-order valence-corrected chi connectivity index (χ3v) is 4.61. The molecule has 2 aromatic carbocycles. The Labute approximate surface area is 158 Å². The van der Waals surface area contributed by atoms with Crippen LogP contribution in [-0.4, -0.2) is 26.0 Å². The highest BCUT2D eigenvalue weighted by Crippen LogP contribution is 2.31. The van der Waals surface area contributed by atoms with E-state index in [9.17, 15) is 9.59 Å². The number of carbonyl (C=O) groups is 2. The molecular weight excluding hydrogens is 344 g/mol. The molecule has 2 aromatic rings. The van der Waals surface area contributed by atoms with Gasteiger partial charge in [-0.2, -0.15) is 0 Å². The summed E-state index contributed by atoms with van der Waals surface area (Å²) in [6.07, 6.45) is 1.91. The van der Waals surface area contributed by atoms with Crippen molar-refractivity contribution in [3.63, 3.8) is 0 Å². The molecule has 2 amide bonds. The molecule has 0 radical (unpaired) electrons. The minimum absolute atomic E-state index is 0.0472. The van der Waals surface area contributed by atoms with Gasteiger partial charge in [-0.3, -0.25) is 9.59 Å². The highest BCUT2D eigenvalue weighted by molar-refractivity contribution is 5.97. The fourth-order valence-electron chi connectivity index (χ4n) is 2.83. The van der Waals surface area contributed by atoms with Crippen molar-refractivity contribution in [1.29, 1.82) is 0 Å². The summed E-state index contributed by atoms with van der Waals surface area (Å²) in [5, 5.41) is 5.83. The van der Waals surface area contributed by atoms with E-state index in [4.69, 9.17) is 9.47 Å². The summed E-state index contributed by atoms with van der Waals surface area (Å²) in [4.78, 5) is 24.4. The highest BCUT2D eigenvalue weighted by atomic mass is 16.5. The molecule has 0 aliphatic heterocycles. The Morgan fingerprint density at radius 2 is 1.74 bits per heavy atom. The first-order valence-corrected chi connectivity index (χ1v) is 8.95. The van der Waals surface area contributed by atoms with Crippen LogP contribution in [0.15, 0.2) is 42.5 Å². The van der Waals surface area contributed by atoms with Crippen LogP contribution in [0.25, 0.3) is 0 Å². The van der Waals surface area contributed by atoms with E-state index in [-0.39, 0.29) is 23.8 Å². The lowest BCUT2D eigenvalue weighted by Crippen LogP contribution is -2.27. The van der Waals surface area contributed by atoms with Crippen LogP contribution in [0.4, 0.5) is 5.69 Å². The average molecular weight is 368 g/mol. The maximum absolute atomic E-state index is 12.6. The molecule has 0 spiro atoms. The Morgan fingerprint density at radius 3 is 2.33 bits per heavy atom. The van der Waals surface area contributed by atoms with Crippen LogP contribution < -0.4 is 20.1 Å². The fourth-order valence-corrected chi connectivity index (χ4v) is 2.83. The number of methoxy groups -OCH3 is 2. The van der Waals surface area contributed by atoms with Crippen LogP contribution in [0.5, 0.6) is 11.5 Å². The van der Waals surface area contributed by atoms with Gasteiger partial charge in [-0.1, -0.05) is 0 Å². The zero-order valence-corrected chi connectivity index (χ0v) is 15.7. The SMILES string of the molecule is COc1ccc(OC)c([C@H](C)NC(=O)c2ccc(NC(=O)C3CC3)cc2)c1. The number of hydrogen-bond acceptors (Lipinski definition) is 4. The summed E-state index contributed by atoms with van der Waals surface area (Å²) in [6, 6.07) is 12.1. The van der Waals surface area contributed by atoms with Crippen LogP contribution in [0.3, 0.4) is 0 Å². The van der Waals surface area contributed by atoms with Crippen molar-refractivity contribution in [2.45, 2.75) is 25.8 Å². The van der Waals surface area contributed by atoms with E-state index in [0.29, 0.717) is 22.7 Å². The third kappa shape index (κ3) is 4.58. The number of ether oxygens (including phenoxy) is 2. The lowest BCUT2D eigenvalue weighted by atomic mass is 10.1. The van der Waals surface area contributed by atoms with Crippen LogP contribution in [0.1, 0.15) is 41.7 Å². The molecule has 0 saturated heterocycles. The highest BCUT2D eigenvalue weighted by Gasteiger charge is 2.29. The Kier molecular flexibility index (Phi) is 5.64. The zero-order chi connectivity index (χ0) is 19.4. The molecule has 142 valence electrons. The first kappa shape index (κ1) is 18.8. The van der Waals surface area contributed by atoms with E-state index in [1.165, 1.54) is 0 Å². The monoisotopic (exact) mass is 368 g/mol. The maximum atomic E-state index is 12.6. The molecule has 1 aliphatic carbocycles. The summed E-state index contributed by atoms with van der Waals surface area (Å²) < 4.78 is 10.6. The predicted octanol–water partition coefficient (Wildman–Crippen LogP) is 3.54. The minimum Gasteiger partial charge on any atom is -0.497 e. The van der Waals surface area contributed by atoms with Crippen LogP contribution in [0, 0.1) is 5.92 Å². The van der Waals surface area contributed by atoms with Crippen molar-refractivity contribution < 1.29 is 19.1 Å². The second-order valence-corrected chi connectivity index (χ2v) is 6.64. The molecule has 0 aromatic heterocycles. The number of rotatable bonds is 7. The van der Waals surface area contributed by atoms with Crippen molar-refractivity contribution >= 4 is 17.5 Å². The molecule has 1 aliphatic rings. The van der Waals surface area contributed by atoms with E-state index in [2.05, 4.69) is 10.6 Å². The maximum Gasteiger partial charge on any atom is 0.251 e. The summed E-state index contributed by atoms with van der Waals surface area (Å²) in [7, 11) is 3.19. The first-order valence-electron chi connectivity index (χ1n) is 8.95. The molecule has 1 fully saturated rings. The average Bonchev–Trinajstić information content (AvgIpc) is 3.53. The Hall–Kier alpha value is -3.02. The van der Waals surface area contributed by atoms with Crippen molar-refractivity contribution in [1.82, 2.24) is 5.32 Å². The molecule has 0 bridgehead atoms. The smallest absolute Gasteiger partial charge is 0.251 e. The van der Waals surface area contributed by atoms with Gasteiger partial charge in [0, 0.05) is 22.7 Å². The normalized spacial score (nSPS) is 14.2. The van der Waals surface area contributed by atoms with Gasteiger partial charge in [-0.25, -0.2) is 0 Å². The van der Waals surface area contributed by atoms with Crippen LogP contribution in [0.2, 0.25) is 0 Å². The van der Waals surface area contributed by atoms with Gasteiger partial charge >= 0.3 is 0 Å². The van der Waals surface area contributed by atoms with Crippen molar-refractivity contribution in [2.24, 2.45) is 5.92 Å². The molecular formula is C21H24N2O4. The molecule has 1 saturated carbocycles. The Morgan fingerprint density at radius 1 is 1.04 bits per heavy atom. The second-order valence-electron chi connectivity index (χ2n) is 6.64. The fraction of sp³-hybridized carbons (Fsp3) is 0.333. The molecule has 27 heavy (non-hydrogen) atoms.